The summed E-state index contributed by atoms with van der Waals surface area (Å²) in [5.41, 5.74) is 0.807. The van der Waals surface area contributed by atoms with Gasteiger partial charge < -0.3 is 4.74 Å². The van der Waals surface area contributed by atoms with E-state index in [-0.39, 0.29) is 16.8 Å². The van der Waals surface area contributed by atoms with E-state index in [2.05, 4.69) is 12.2 Å². The van der Waals surface area contributed by atoms with Gasteiger partial charge in [-0.2, -0.15) is 0 Å². The number of methoxy groups -OCH3 is 1. The molecular formula is C16H20O4S. The summed E-state index contributed by atoms with van der Waals surface area (Å²) < 4.78 is 27.9. The van der Waals surface area contributed by atoms with E-state index >= 15 is 0 Å². The minimum Gasteiger partial charge on any atom is -0.469 e. The van der Waals surface area contributed by atoms with Crippen molar-refractivity contribution in [3.63, 3.8) is 0 Å². The van der Waals surface area contributed by atoms with Crippen molar-refractivity contribution in [3.05, 3.63) is 42.0 Å². The van der Waals surface area contributed by atoms with Gasteiger partial charge in [0.15, 0.2) is 9.84 Å². The smallest absolute Gasteiger partial charge is 0.313 e. The van der Waals surface area contributed by atoms with Gasteiger partial charge in [-0.15, -0.1) is 0 Å². The van der Waals surface area contributed by atoms with Gasteiger partial charge in [0.1, 0.15) is 0 Å². The molecule has 0 fully saturated rings. The van der Waals surface area contributed by atoms with Crippen LogP contribution in [-0.2, 0) is 19.4 Å². The zero-order valence-electron chi connectivity index (χ0n) is 12.3. The monoisotopic (exact) mass is 308 g/mol. The third-order valence-corrected chi connectivity index (χ3v) is 5.00. The molecule has 0 amide bonds. The molecule has 1 aliphatic rings. The quantitative estimate of drug-likeness (QED) is 0.620. The summed E-state index contributed by atoms with van der Waals surface area (Å²) >= 11 is 0. The van der Waals surface area contributed by atoms with Crippen LogP contribution < -0.4 is 0 Å². The Labute approximate surface area is 125 Å². The average Bonchev–Trinajstić information content (AvgIpc) is 2.96. The number of benzene rings is 1. The number of ether oxygens (including phenoxy) is 1. The zero-order chi connectivity index (χ0) is 15.5. The molecule has 0 spiro atoms. The molecule has 0 aromatic heterocycles. The van der Waals surface area contributed by atoms with E-state index in [1.807, 2.05) is 0 Å². The van der Waals surface area contributed by atoms with Crippen LogP contribution in [0.1, 0.15) is 30.7 Å². The van der Waals surface area contributed by atoms with Crippen molar-refractivity contribution in [1.82, 2.24) is 0 Å². The summed E-state index contributed by atoms with van der Waals surface area (Å²) in [6.07, 6.45) is 8.11. The van der Waals surface area contributed by atoms with Crippen molar-refractivity contribution in [3.8, 4) is 0 Å². The number of rotatable bonds is 5. The first-order valence-corrected chi connectivity index (χ1v) is 8.84. The van der Waals surface area contributed by atoms with Crippen LogP contribution in [0.5, 0.6) is 0 Å². The highest BCUT2D eigenvalue weighted by Gasteiger charge is 2.26. The van der Waals surface area contributed by atoms with E-state index in [0.29, 0.717) is 5.92 Å². The van der Waals surface area contributed by atoms with Crippen LogP contribution in [0.4, 0.5) is 0 Å². The normalized spacial score (nSPS) is 16.9. The van der Waals surface area contributed by atoms with Crippen LogP contribution in [0, 0.1) is 5.92 Å². The first-order valence-electron chi connectivity index (χ1n) is 6.94. The van der Waals surface area contributed by atoms with Gasteiger partial charge in [-0.25, -0.2) is 8.42 Å². The van der Waals surface area contributed by atoms with Crippen molar-refractivity contribution >= 4 is 15.8 Å². The molecule has 0 bridgehead atoms. The number of esters is 1. The number of hydrogen-bond acceptors (Lipinski definition) is 4. The lowest BCUT2D eigenvalue weighted by molar-refractivity contribution is -0.142. The molecule has 0 saturated heterocycles. The third kappa shape index (κ3) is 3.94. The predicted molar refractivity (Wildman–Crippen MR) is 80.8 cm³/mol. The molecule has 4 nitrogen and oxygen atoms in total. The summed E-state index contributed by atoms with van der Waals surface area (Å²) in [7, 11) is -1.84. The second-order valence-electron chi connectivity index (χ2n) is 5.46. The lowest BCUT2D eigenvalue weighted by Crippen LogP contribution is -2.17. The van der Waals surface area contributed by atoms with Crippen LogP contribution in [-0.4, -0.2) is 27.8 Å². The maximum atomic E-state index is 12.0. The first-order chi connectivity index (χ1) is 9.91. The number of hydrogen-bond donors (Lipinski definition) is 0. The molecule has 1 atom stereocenters. The van der Waals surface area contributed by atoms with Gasteiger partial charge in [0.25, 0.3) is 0 Å². The number of allylic oxidation sites excluding steroid dienone is 2. The van der Waals surface area contributed by atoms with Crippen LogP contribution in [0.15, 0.2) is 41.3 Å². The van der Waals surface area contributed by atoms with Gasteiger partial charge >= 0.3 is 5.97 Å². The largest absolute Gasteiger partial charge is 0.469 e. The minimum atomic E-state index is -3.22. The van der Waals surface area contributed by atoms with Crippen molar-refractivity contribution in [2.45, 2.75) is 30.1 Å². The average molecular weight is 308 g/mol. The molecule has 0 N–H and O–H groups in total. The van der Waals surface area contributed by atoms with Gasteiger partial charge in [0.2, 0.25) is 0 Å². The van der Waals surface area contributed by atoms with Gasteiger partial charge in [-0.05, 0) is 42.9 Å². The Morgan fingerprint density at radius 1 is 1.24 bits per heavy atom. The van der Waals surface area contributed by atoms with E-state index in [0.717, 1.165) is 24.8 Å². The van der Waals surface area contributed by atoms with Crippen LogP contribution in [0.2, 0.25) is 0 Å². The van der Waals surface area contributed by atoms with Crippen LogP contribution in [0.25, 0.3) is 0 Å². The highest BCUT2D eigenvalue weighted by molar-refractivity contribution is 7.90. The Morgan fingerprint density at radius 2 is 1.81 bits per heavy atom. The Kier molecular flexibility index (Phi) is 4.83. The van der Waals surface area contributed by atoms with Crippen molar-refractivity contribution in [2.75, 3.05) is 13.4 Å². The molecule has 0 saturated carbocycles. The second-order valence-corrected chi connectivity index (χ2v) is 7.48. The van der Waals surface area contributed by atoms with E-state index in [1.165, 1.54) is 13.4 Å². The molecule has 1 aromatic carbocycles. The summed E-state index contributed by atoms with van der Waals surface area (Å²) in [6, 6.07) is 6.52. The molecule has 5 heteroatoms. The second kappa shape index (κ2) is 6.43. The Morgan fingerprint density at radius 3 is 2.29 bits per heavy atom. The number of carbonyl (C=O) groups is 1. The predicted octanol–water partition coefficient (Wildman–Crippen LogP) is 2.70. The van der Waals surface area contributed by atoms with E-state index in [4.69, 9.17) is 4.74 Å². The standard InChI is InChI=1S/C16H20O4S/c1-20-16(17)15(11-12-5-3-4-6-12)13-7-9-14(10-8-13)21(2,18)19/h3-4,7-10,12,15H,5-6,11H2,1-2H3/t15-/m1/s1. The molecule has 1 aromatic rings. The molecular weight excluding hydrogens is 288 g/mol. The molecule has 0 unspecified atom stereocenters. The molecule has 114 valence electrons. The highest BCUT2D eigenvalue weighted by atomic mass is 32.2. The topological polar surface area (TPSA) is 60.4 Å². The summed E-state index contributed by atoms with van der Waals surface area (Å²) in [5.74, 6) is -0.161. The summed E-state index contributed by atoms with van der Waals surface area (Å²) in [4.78, 5) is 12.3. The number of sulfone groups is 1. The minimum absolute atomic E-state index is 0.261. The lowest BCUT2D eigenvalue weighted by Gasteiger charge is -2.19. The van der Waals surface area contributed by atoms with Gasteiger partial charge in [0.05, 0.1) is 17.9 Å². The third-order valence-electron chi connectivity index (χ3n) is 3.87. The fraction of sp³-hybridized carbons (Fsp3) is 0.438. The first kappa shape index (κ1) is 15.8. The van der Waals surface area contributed by atoms with Crippen molar-refractivity contribution in [2.24, 2.45) is 5.92 Å². The Bertz CT molecular complexity index is 621. The maximum absolute atomic E-state index is 12.0. The van der Waals surface area contributed by atoms with E-state index in [9.17, 15) is 13.2 Å². The van der Waals surface area contributed by atoms with Crippen LogP contribution in [0.3, 0.4) is 0 Å². The molecule has 0 heterocycles. The van der Waals surface area contributed by atoms with Gasteiger partial charge in [-0.1, -0.05) is 24.3 Å². The highest BCUT2D eigenvalue weighted by Crippen LogP contribution is 2.32. The van der Waals surface area contributed by atoms with Crippen LogP contribution >= 0.6 is 0 Å². The fourth-order valence-electron chi connectivity index (χ4n) is 2.66. The lowest BCUT2D eigenvalue weighted by atomic mass is 9.87. The maximum Gasteiger partial charge on any atom is 0.313 e. The molecule has 0 radical (unpaired) electrons. The molecule has 0 aliphatic heterocycles. The van der Waals surface area contributed by atoms with Gasteiger partial charge in [0, 0.05) is 6.26 Å². The molecule has 2 rings (SSSR count). The summed E-state index contributed by atoms with van der Waals surface area (Å²) in [5, 5.41) is 0. The SMILES string of the molecule is COC(=O)[C@H](CC1CC=CC1)c1ccc(S(C)(=O)=O)cc1. The van der Waals surface area contributed by atoms with E-state index < -0.39 is 9.84 Å². The van der Waals surface area contributed by atoms with E-state index in [1.54, 1.807) is 24.3 Å². The molecule has 1 aliphatic carbocycles. The summed E-state index contributed by atoms with van der Waals surface area (Å²) in [6.45, 7) is 0. The Hall–Kier alpha value is -1.62. The van der Waals surface area contributed by atoms with Gasteiger partial charge in [-0.3, -0.25) is 4.79 Å². The fourth-order valence-corrected chi connectivity index (χ4v) is 3.29. The molecule has 21 heavy (non-hydrogen) atoms. The van der Waals surface area contributed by atoms with Crippen molar-refractivity contribution in [1.29, 1.82) is 0 Å². The van der Waals surface area contributed by atoms with Crippen molar-refractivity contribution < 1.29 is 17.9 Å². The Balaban J connectivity index is 2.21. The zero-order valence-corrected chi connectivity index (χ0v) is 13.1. The number of carbonyl (C=O) groups excluding carboxylic acids is 1.